The zero-order valence-corrected chi connectivity index (χ0v) is 18.2. The summed E-state index contributed by atoms with van der Waals surface area (Å²) < 4.78 is 6.53. The molecule has 0 aromatic heterocycles. The molecule has 0 fully saturated rings. The molecule has 0 spiro atoms. The summed E-state index contributed by atoms with van der Waals surface area (Å²) in [5.74, 6) is -1.16. The fourth-order valence-corrected chi connectivity index (χ4v) is 4.20. The van der Waals surface area contributed by atoms with E-state index >= 15 is 0 Å². The van der Waals surface area contributed by atoms with E-state index in [2.05, 4.69) is 40.0 Å². The average Bonchev–Trinajstić information content (AvgIpc) is 3.07. The lowest BCUT2D eigenvalue weighted by molar-refractivity contribution is -0.139. The summed E-state index contributed by atoms with van der Waals surface area (Å²) in [5.41, 5.74) is 5.34. The topological polar surface area (TPSA) is 75.6 Å². The number of carboxylic acids is 1. The molecule has 152 valence electrons. The van der Waals surface area contributed by atoms with Crippen LogP contribution in [0.3, 0.4) is 0 Å². The number of carbonyl (C=O) groups is 2. The van der Waals surface area contributed by atoms with Gasteiger partial charge in [-0.1, -0.05) is 60.7 Å². The van der Waals surface area contributed by atoms with Crippen molar-refractivity contribution in [2.45, 2.75) is 18.4 Å². The van der Waals surface area contributed by atoms with Gasteiger partial charge in [0.25, 0.3) is 0 Å². The molecule has 1 aliphatic rings. The number of fused-ring (bicyclic) bond motifs is 3. The van der Waals surface area contributed by atoms with Crippen molar-refractivity contribution in [3.8, 4) is 11.1 Å². The van der Waals surface area contributed by atoms with Crippen molar-refractivity contribution in [2.75, 3.05) is 6.61 Å². The van der Waals surface area contributed by atoms with Gasteiger partial charge in [0.15, 0.2) is 0 Å². The van der Waals surface area contributed by atoms with E-state index in [1.165, 1.54) is 0 Å². The molecule has 30 heavy (non-hydrogen) atoms. The molecule has 0 aliphatic heterocycles. The smallest absolute Gasteiger partial charge is 0.407 e. The third kappa shape index (κ3) is 4.33. The lowest BCUT2D eigenvalue weighted by Gasteiger charge is -2.17. The van der Waals surface area contributed by atoms with Gasteiger partial charge in [0, 0.05) is 15.9 Å². The molecule has 0 heterocycles. The number of carboxylic acid groups (broad SMARTS) is 1. The maximum atomic E-state index is 12.4. The van der Waals surface area contributed by atoms with Crippen LogP contribution in [0.25, 0.3) is 11.1 Å². The zero-order chi connectivity index (χ0) is 21.1. The van der Waals surface area contributed by atoms with E-state index in [1.54, 1.807) is 0 Å². The van der Waals surface area contributed by atoms with Gasteiger partial charge in [-0.05, 0) is 62.5 Å². The van der Waals surface area contributed by atoms with E-state index < -0.39 is 18.1 Å². The van der Waals surface area contributed by atoms with E-state index in [9.17, 15) is 14.7 Å². The summed E-state index contributed by atoms with van der Waals surface area (Å²) in [5, 5.41) is 12.0. The standard InChI is InChI=1S/C24H20INO4/c25-16-11-9-15(10-12-16)13-22(23(27)28)26-24(29)30-14-21-19-7-3-1-5-17(19)18-6-2-4-8-20(18)21/h1-12,21-22H,13-14H2,(H,26,29)(H,27,28). The van der Waals surface area contributed by atoms with Crippen LogP contribution in [0.1, 0.15) is 22.6 Å². The zero-order valence-electron chi connectivity index (χ0n) is 16.0. The number of nitrogens with one attached hydrogen (secondary N) is 1. The highest BCUT2D eigenvalue weighted by Crippen LogP contribution is 2.44. The van der Waals surface area contributed by atoms with E-state index in [4.69, 9.17) is 4.74 Å². The second-order valence-electron chi connectivity index (χ2n) is 7.19. The SMILES string of the molecule is O=C(NC(Cc1ccc(I)cc1)C(=O)O)OCC1c2ccccc2-c2ccccc21. The fraction of sp³-hybridized carbons (Fsp3) is 0.167. The van der Waals surface area contributed by atoms with Gasteiger partial charge in [0.2, 0.25) is 0 Å². The molecule has 3 aromatic carbocycles. The van der Waals surface area contributed by atoms with Crippen LogP contribution in [0.4, 0.5) is 4.79 Å². The molecule has 3 aromatic rings. The molecular weight excluding hydrogens is 493 g/mol. The summed E-state index contributed by atoms with van der Waals surface area (Å²) >= 11 is 2.19. The molecule has 0 saturated heterocycles. The second-order valence-corrected chi connectivity index (χ2v) is 8.44. The van der Waals surface area contributed by atoms with Crippen LogP contribution in [0, 0.1) is 3.57 Å². The maximum absolute atomic E-state index is 12.4. The number of rotatable bonds is 6. The maximum Gasteiger partial charge on any atom is 0.407 e. The first-order valence-electron chi connectivity index (χ1n) is 9.61. The molecule has 1 amide bonds. The largest absolute Gasteiger partial charge is 0.480 e. The van der Waals surface area contributed by atoms with Crippen LogP contribution in [-0.4, -0.2) is 29.8 Å². The molecule has 1 aliphatic carbocycles. The van der Waals surface area contributed by atoms with E-state index in [0.29, 0.717) is 0 Å². The minimum Gasteiger partial charge on any atom is -0.480 e. The Bertz CT molecular complexity index is 1040. The molecular formula is C24H20INO4. The molecule has 1 atom stereocenters. The number of aliphatic carboxylic acids is 1. The van der Waals surface area contributed by atoms with Crippen LogP contribution >= 0.6 is 22.6 Å². The predicted molar refractivity (Wildman–Crippen MR) is 122 cm³/mol. The summed E-state index contributed by atoms with van der Waals surface area (Å²) in [6.07, 6.45) is -0.536. The van der Waals surface area contributed by atoms with Crippen LogP contribution < -0.4 is 5.32 Å². The van der Waals surface area contributed by atoms with Crippen molar-refractivity contribution in [1.82, 2.24) is 5.32 Å². The van der Waals surface area contributed by atoms with Crippen molar-refractivity contribution >= 4 is 34.7 Å². The highest BCUT2D eigenvalue weighted by atomic mass is 127. The van der Waals surface area contributed by atoms with E-state index in [1.807, 2.05) is 60.7 Å². The molecule has 2 N–H and O–H groups in total. The van der Waals surface area contributed by atoms with Crippen LogP contribution in [0.2, 0.25) is 0 Å². The molecule has 0 radical (unpaired) electrons. The number of ether oxygens (including phenoxy) is 1. The van der Waals surface area contributed by atoms with Gasteiger partial charge in [-0.25, -0.2) is 9.59 Å². The van der Waals surface area contributed by atoms with Crippen LogP contribution in [0.15, 0.2) is 72.8 Å². The Labute approximate surface area is 188 Å². The molecule has 4 rings (SSSR count). The normalized spacial score (nSPS) is 13.2. The monoisotopic (exact) mass is 513 g/mol. The first kappa shape index (κ1) is 20.4. The van der Waals surface area contributed by atoms with Gasteiger partial charge < -0.3 is 15.2 Å². The third-order valence-corrected chi connectivity index (χ3v) is 6.01. The third-order valence-electron chi connectivity index (χ3n) is 5.29. The van der Waals surface area contributed by atoms with Gasteiger partial charge in [0.1, 0.15) is 12.6 Å². The first-order chi connectivity index (χ1) is 14.5. The number of amides is 1. The first-order valence-corrected chi connectivity index (χ1v) is 10.7. The molecule has 0 bridgehead atoms. The van der Waals surface area contributed by atoms with Gasteiger partial charge in [0.05, 0.1) is 0 Å². The van der Waals surface area contributed by atoms with E-state index in [0.717, 1.165) is 31.4 Å². The van der Waals surface area contributed by atoms with Crippen LogP contribution in [-0.2, 0) is 16.0 Å². The van der Waals surface area contributed by atoms with Gasteiger partial charge in [-0.2, -0.15) is 0 Å². The summed E-state index contributed by atoms with van der Waals surface area (Å²) in [6.45, 7) is 0.149. The van der Waals surface area contributed by atoms with Crippen molar-refractivity contribution in [3.63, 3.8) is 0 Å². The quantitative estimate of drug-likeness (QED) is 0.464. The summed E-state index contributed by atoms with van der Waals surface area (Å²) in [7, 11) is 0. The van der Waals surface area contributed by atoms with Gasteiger partial charge in [-0.15, -0.1) is 0 Å². The molecule has 0 saturated carbocycles. The highest BCUT2D eigenvalue weighted by molar-refractivity contribution is 14.1. The number of benzene rings is 3. The second kappa shape index (κ2) is 8.87. The Morgan fingerprint density at radius 3 is 2.07 bits per heavy atom. The van der Waals surface area contributed by atoms with E-state index in [-0.39, 0.29) is 18.9 Å². The predicted octanol–water partition coefficient (Wildman–Crippen LogP) is 4.83. The van der Waals surface area contributed by atoms with Gasteiger partial charge >= 0.3 is 12.1 Å². The number of carbonyl (C=O) groups excluding carboxylic acids is 1. The van der Waals surface area contributed by atoms with Crippen molar-refractivity contribution in [2.24, 2.45) is 0 Å². The number of halogens is 1. The molecule has 5 nitrogen and oxygen atoms in total. The Morgan fingerprint density at radius 2 is 1.50 bits per heavy atom. The van der Waals surface area contributed by atoms with Crippen LogP contribution in [0.5, 0.6) is 0 Å². The minimum absolute atomic E-state index is 0.0670. The van der Waals surface area contributed by atoms with Crippen molar-refractivity contribution < 1.29 is 19.4 Å². The fourth-order valence-electron chi connectivity index (χ4n) is 3.84. The Hall–Kier alpha value is -2.87. The average molecular weight is 513 g/mol. The molecule has 1 unspecified atom stereocenters. The number of hydrogen-bond donors (Lipinski definition) is 2. The highest BCUT2D eigenvalue weighted by Gasteiger charge is 2.29. The van der Waals surface area contributed by atoms with Crippen molar-refractivity contribution in [1.29, 1.82) is 0 Å². The lowest BCUT2D eigenvalue weighted by atomic mass is 9.98. The Balaban J connectivity index is 1.43. The Morgan fingerprint density at radius 1 is 0.933 bits per heavy atom. The lowest BCUT2D eigenvalue weighted by Crippen LogP contribution is -2.42. The number of alkyl carbamates (subject to hydrolysis) is 1. The van der Waals surface area contributed by atoms with Gasteiger partial charge in [-0.3, -0.25) is 0 Å². The molecule has 6 heteroatoms. The summed E-state index contributed by atoms with van der Waals surface area (Å²) in [4.78, 5) is 24.0. The number of hydrogen-bond acceptors (Lipinski definition) is 3. The van der Waals surface area contributed by atoms with Crippen molar-refractivity contribution in [3.05, 3.63) is 93.1 Å². The Kier molecular flexibility index (Phi) is 6.03. The minimum atomic E-state index is -1.10. The summed E-state index contributed by atoms with van der Waals surface area (Å²) in [6, 6.07) is 22.6.